The fourth-order valence-electron chi connectivity index (χ4n) is 2.32. The van der Waals surface area contributed by atoms with E-state index in [0.717, 1.165) is 4.90 Å². The molecule has 0 spiro atoms. The van der Waals surface area contributed by atoms with E-state index in [1.165, 1.54) is 6.20 Å². The summed E-state index contributed by atoms with van der Waals surface area (Å²) in [7, 11) is 1.59. The zero-order chi connectivity index (χ0) is 15.0. The number of carbonyl (C=O) groups excluding carboxylic acids is 2. The van der Waals surface area contributed by atoms with E-state index in [2.05, 4.69) is 5.10 Å². The largest absolute Gasteiger partial charge is 0.398 e. The number of methoxy groups -OCH3 is 1. The normalized spacial score (nSPS) is 13.9. The summed E-state index contributed by atoms with van der Waals surface area (Å²) in [6, 6.07) is 4.86. The second kappa shape index (κ2) is 5.02. The number of benzene rings is 1. The van der Waals surface area contributed by atoms with E-state index in [1.54, 1.807) is 36.2 Å². The van der Waals surface area contributed by atoms with Gasteiger partial charge in [-0.15, -0.1) is 0 Å². The second-order valence-corrected chi connectivity index (χ2v) is 4.67. The van der Waals surface area contributed by atoms with E-state index in [-0.39, 0.29) is 11.5 Å². The summed E-state index contributed by atoms with van der Waals surface area (Å²) in [5, 5.41) is 4.11. The van der Waals surface area contributed by atoms with Gasteiger partial charge < -0.3 is 10.5 Å². The molecule has 1 aromatic carbocycles. The predicted octanol–water partition coefficient (Wildman–Crippen LogP) is 0.912. The number of fused-ring (bicyclic) bond motifs is 1. The molecule has 3 rings (SSSR count). The van der Waals surface area contributed by atoms with Crippen LogP contribution in [0.3, 0.4) is 0 Å². The molecular formula is C14H14N4O3. The Morgan fingerprint density at radius 3 is 2.81 bits per heavy atom. The van der Waals surface area contributed by atoms with Crippen LogP contribution in [0.4, 0.5) is 11.4 Å². The van der Waals surface area contributed by atoms with Crippen LogP contribution in [0.2, 0.25) is 0 Å². The summed E-state index contributed by atoms with van der Waals surface area (Å²) in [6.45, 7) is 1.04. The zero-order valence-corrected chi connectivity index (χ0v) is 11.4. The van der Waals surface area contributed by atoms with Gasteiger partial charge in [0, 0.05) is 19.0 Å². The summed E-state index contributed by atoms with van der Waals surface area (Å²) in [5.74, 6) is -0.798. The number of nitrogens with zero attached hydrogens (tertiary/aromatic N) is 3. The van der Waals surface area contributed by atoms with Gasteiger partial charge >= 0.3 is 0 Å². The van der Waals surface area contributed by atoms with Crippen molar-refractivity contribution >= 4 is 23.2 Å². The topological polar surface area (TPSA) is 90.5 Å². The number of anilines is 2. The highest BCUT2D eigenvalue weighted by atomic mass is 16.5. The minimum atomic E-state index is -0.417. The van der Waals surface area contributed by atoms with E-state index >= 15 is 0 Å². The van der Waals surface area contributed by atoms with Gasteiger partial charge in [-0.25, -0.2) is 4.90 Å². The molecule has 2 amide bonds. The zero-order valence-electron chi connectivity index (χ0n) is 11.4. The Hall–Kier alpha value is -2.67. The first-order valence-corrected chi connectivity index (χ1v) is 6.42. The lowest BCUT2D eigenvalue weighted by atomic mass is 10.1. The minimum absolute atomic E-state index is 0.257. The number of imide groups is 1. The van der Waals surface area contributed by atoms with Crippen LogP contribution in [-0.2, 0) is 11.3 Å². The number of nitrogen functional groups attached to an aromatic ring is 1. The third-order valence-electron chi connectivity index (χ3n) is 3.35. The molecule has 2 aromatic rings. The van der Waals surface area contributed by atoms with Crippen molar-refractivity contribution in [3.05, 3.63) is 41.7 Å². The summed E-state index contributed by atoms with van der Waals surface area (Å²) in [6.07, 6.45) is 3.12. The molecule has 1 aliphatic heterocycles. The first kappa shape index (κ1) is 13.3. The van der Waals surface area contributed by atoms with E-state index in [4.69, 9.17) is 10.5 Å². The average molecular weight is 286 g/mol. The van der Waals surface area contributed by atoms with Gasteiger partial charge in [0.05, 0.1) is 36.2 Å². The molecule has 0 atom stereocenters. The highest BCUT2D eigenvalue weighted by Gasteiger charge is 2.38. The number of aromatic nitrogens is 2. The van der Waals surface area contributed by atoms with E-state index in [9.17, 15) is 9.59 Å². The number of rotatable bonds is 4. The smallest absolute Gasteiger partial charge is 0.268 e. The van der Waals surface area contributed by atoms with Crippen molar-refractivity contribution in [1.82, 2.24) is 9.78 Å². The number of ether oxygens (including phenoxy) is 1. The SMILES string of the molecule is COCCn1cc(N2C(=O)c3cccc(N)c3C2=O)cn1. The number of nitrogens with two attached hydrogens (primary N) is 1. The molecule has 0 fully saturated rings. The van der Waals surface area contributed by atoms with Gasteiger partial charge in [0.25, 0.3) is 11.8 Å². The van der Waals surface area contributed by atoms with Gasteiger partial charge in [0.15, 0.2) is 0 Å². The Bertz CT molecular complexity index is 723. The molecule has 1 aliphatic rings. The van der Waals surface area contributed by atoms with Crippen LogP contribution in [0.25, 0.3) is 0 Å². The first-order valence-electron chi connectivity index (χ1n) is 6.42. The maximum Gasteiger partial charge on any atom is 0.268 e. The molecular weight excluding hydrogens is 272 g/mol. The summed E-state index contributed by atoms with van der Waals surface area (Å²) in [4.78, 5) is 25.9. The third-order valence-corrected chi connectivity index (χ3v) is 3.35. The van der Waals surface area contributed by atoms with Gasteiger partial charge in [-0.2, -0.15) is 5.10 Å². The molecule has 0 aliphatic carbocycles. The first-order chi connectivity index (χ1) is 10.1. The lowest BCUT2D eigenvalue weighted by Crippen LogP contribution is -2.29. The molecule has 0 bridgehead atoms. The van der Waals surface area contributed by atoms with Crippen molar-refractivity contribution in [3.63, 3.8) is 0 Å². The van der Waals surface area contributed by atoms with Crippen LogP contribution in [0, 0.1) is 0 Å². The maximum absolute atomic E-state index is 12.4. The quantitative estimate of drug-likeness (QED) is 0.666. The van der Waals surface area contributed by atoms with Gasteiger partial charge in [-0.3, -0.25) is 14.3 Å². The molecule has 1 aromatic heterocycles. The molecule has 0 radical (unpaired) electrons. The minimum Gasteiger partial charge on any atom is -0.398 e. The van der Waals surface area contributed by atoms with Crippen molar-refractivity contribution < 1.29 is 14.3 Å². The number of hydrogen-bond donors (Lipinski definition) is 1. The average Bonchev–Trinajstić information content (AvgIpc) is 3.01. The van der Waals surface area contributed by atoms with Crippen molar-refractivity contribution in [2.45, 2.75) is 6.54 Å². The van der Waals surface area contributed by atoms with Crippen LogP contribution >= 0.6 is 0 Å². The molecule has 0 saturated heterocycles. The van der Waals surface area contributed by atoms with E-state index in [0.29, 0.717) is 30.1 Å². The Balaban J connectivity index is 1.94. The van der Waals surface area contributed by atoms with Crippen LogP contribution < -0.4 is 10.6 Å². The number of hydrogen-bond acceptors (Lipinski definition) is 5. The summed E-state index contributed by atoms with van der Waals surface area (Å²) in [5.41, 5.74) is 7.11. The standard InChI is InChI=1S/C14H14N4O3/c1-21-6-5-17-8-9(7-16-17)18-13(19)10-3-2-4-11(15)12(10)14(18)20/h2-4,7-8H,5-6,15H2,1H3. The molecule has 7 nitrogen and oxygen atoms in total. The molecule has 2 N–H and O–H groups in total. The lowest BCUT2D eigenvalue weighted by molar-refractivity contribution is 0.0926. The Morgan fingerprint density at radius 1 is 1.29 bits per heavy atom. The lowest BCUT2D eigenvalue weighted by Gasteiger charge is -2.10. The molecule has 0 saturated carbocycles. The van der Waals surface area contributed by atoms with Gasteiger partial charge in [-0.05, 0) is 12.1 Å². The van der Waals surface area contributed by atoms with Crippen LogP contribution in [0.15, 0.2) is 30.6 Å². The fraction of sp³-hybridized carbons (Fsp3) is 0.214. The van der Waals surface area contributed by atoms with Crippen LogP contribution in [0.5, 0.6) is 0 Å². The van der Waals surface area contributed by atoms with Crippen LogP contribution in [0.1, 0.15) is 20.7 Å². The van der Waals surface area contributed by atoms with Crippen LogP contribution in [-0.4, -0.2) is 35.3 Å². The van der Waals surface area contributed by atoms with E-state index < -0.39 is 5.91 Å². The second-order valence-electron chi connectivity index (χ2n) is 4.67. The molecule has 21 heavy (non-hydrogen) atoms. The molecule has 108 valence electrons. The number of amides is 2. The monoisotopic (exact) mass is 286 g/mol. The van der Waals surface area contributed by atoms with Gasteiger partial charge in [0.1, 0.15) is 0 Å². The highest BCUT2D eigenvalue weighted by Crippen LogP contribution is 2.31. The Labute approximate surface area is 120 Å². The maximum atomic E-state index is 12.4. The summed E-state index contributed by atoms with van der Waals surface area (Å²) >= 11 is 0. The highest BCUT2D eigenvalue weighted by molar-refractivity contribution is 6.35. The molecule has 7 heteroatoms. The molecule has 2 heterocycles. The Morgan fingerprint density at radius 2 is 2.10 bits per heavy atom. The van der Waals surface area contributed by atoms with E-state index in [1.807, 2.05) is 0 Å². The van der Waals surface area contributed by atoms with Gasteiger partial charge in [0.2, 0.25) is 0 Å². The van der Waals surface area contributed by atoms with Gasteiger partial charge in [-0.1, -0.05) is 6.07 Å². The third kappa shape index (κ3) is 2.07. The predicted molar refractivity (Wildman–Crippen MR) is 76.1 cm³/mol. The number of carbonyl (C=O) groups is 2. The summed E-state index contributed by atoms with van der Waals surface area (Å²) < 4.78 is 6.58. The fourth-order valence-corrected chi connectivity index (χ4v) is 2.32. The molecule has 0 unspecified atom stereocenters. The van der Waals surface area contributed by atoms with Crippen molar-refractivity contribution in [2.24, 2.45) is 0 Å². The van der Waals surface area contributed by atoms with Crippen molar-refractivity contribution in [2.75, 3.05) is 24.4 Å². The van der Waals surface area contributed by atoms with Crippen molar-refractivity contribution in [3.8, 4) is 0 Å². The Kier molecular flexibility index (Phi) is 3.19. The van der Waals surface area contributed by atoms with Crippen molar-refractivity contribution in [1.29, 1.82) is 0 Å².